The fourth-order valence-electron chi connectivity index (χ4n) is 1.65. The summed E-state index contributed by atoms with van der Waals surface area (Å²) in [7, 11) is 1.84. The van der Waals surface area contributed by atoms with Crippen molar-refractivity contribution in [2.75, 3.05) is 7.11 Å². The van der Waals surface area contributed by atoms with Gasteiger partial charge in [0.15, 0.2) is 0 Å². The maximum Gasteiger partial charge on any atom is 0.292 e. The third kappa shape index (κ3) is 2.74. The van der Waals surface area contributed by atoms with Crippen LogP contribution in [0, 0.1) is 0 Å². The van der Waals surface area contributed by atoms with Gasteiger partial charge in [0.1, 0.15) is 0 Å². The van der Waals surface area contributed by atoms with Crippen LogP contribution in [0.25, 0.3) is 0 Å². The Labute approximate surface area is 64.3 Å². The molecular formula is C8H17BO. The largest absolute Gasteiger partial charge is 0.439 e. The SMILES string of the molecule is COB1CCCCCCC1. The van der Waals surface area contributed by atoms with Gasteiger partial charge in [-0.25, -0.2) is 0 Å². The second-order valence-corrected chi connectivity index (χ2v) is 3.20. The van der Waals surface area contributed by atoms with Crippen LogP contribution in [0.15, 0.2) is 0 Å². The van der Waals surface area contributed by atoms with E-state index in [1.54, 1.807) is 0 Å². The van der Waals surface area contributed by atoms with E-state index in [9.17, 15) is 0 Å². The average Bonchev–Trinajstić information content (AvgIpc) is 1.87. The third-order valence-electron chi connectivity index (χ3n) is 2.39. The predicted octanol–water partition coefficient (Wildman–Crippen LogP) is 2.59. The lowest BCUT2D eigenvalue weighted by molar-refractivity contribution is 0.408. The summed E-state index contributed by atoms with van der Waals surface area (Å²) in [5.74, 6) is 0. The first-order valence-corrected chi connectivity index (χ1v) is 4.46. The third-order valence-corrected chi connectivity index (χ3v) is 2.39. The summed E-state index contributed by atoms with van der Waals surface area (Å²) in [5, 5.41) is 0. The number of rotatable bonds is 1. The minimum absolute atomic E-state index is 0.570. The van der Waals surface area contributed by atoms with Crippen LogP contribution in [0.3, 0.4) is 0 Å². The van der Waals surface area contributed by atoms with Crippen molar-refractivity contribution in [1.82, 2.24) is 0 Å². The average molecular weight is 140 g/mol. The van der Waals surface area contributed by atoms with E-state index in [1.807, 2.05) is 7.11 Å². The summed E-state index contributed by atoms with van der Waals surface area (Å²) in [6.07, 6.45) is 9.60. The molecule has 1 heterocycles. The Hall–Kier alpha value is 0.0249. The highest BCUT2D eigenvalue weighted by atomic mass is 16.4. The Morgan fingerprint density at radius 3 is 1.90 bits per heavy atom. The summed E-state index contributed by atoms with van der Waals surface area (Å²) in [4.78, 5) is 0. The maximum atomic E-state index is 5.33. The highest BCUT2D eigenvalue weighted by Gasteiger charge is 2.14. The lowest BCUT2D eigenvalue weighted by Gasteiger charge is -2.13. The van der Waals surface area contributed by atoms with Gasteiger partial charge in [0, 0.05) is 7.11 Å². The van der Waals surface area contributed by atoms with Gasteiger partial charge in [0.05, 0.1) is 0 Å². The Bertz CT molecular complexity index is 77.3. The quantitative estimate of drug-likeness (QED) is 0.508. The van der Waals surface area contributed by atoms with Crippen LogP contribution in [-0.2, 0) is 4.65 Å². The zero-order chi connectivity index (χ0) is 7.23. The number of hydrogen-bond donors (Lipinski definition) is 0. The van der Waals surface area contributed by atoms with Gasteiger partial charge >= 0.3 is 0 Å². The first kappa shape index (κ1) is 8.12. The van der Waals surface area contributed by atoms with Crippen molar-refractivity contribution >= 4 is 6.92 Å². The van der Waals surface area contributed by atoms with Gasteiger partial charge in [-0.1, -0.05) is 32.1 Å². The Morgan fingerprint density at radius 1 is 0.900 bits per heavy atom. The van der Waals surface area contributed by atoms with E-state index in [1.165, 1.54) is 44.7 Å². The smallest absolute Gasteiger partial charge is 0.292 e. The van der Waals surface area contributed by atoms with Crippen LogP contribution in [0.4, 0.5) is 0 Å². The normalized spacial score (nSPS) is 21.9. The molecule has 0 aromatic rings. The molecule has 10 heavy (non-hydrogen) atoms. The minimum atomic E-state index is 0.570. The first-order valence-electron chi connectivity index (χ1n) is 4.46. The molecule has 0 aromatic heterocycles. The highest BCUT2D eigenvalue weighted by molar-refractivity contribution is 6.51. The second kappa shape index (κ2) is 4.78. The standard InChI is InChI=1S/C8H17BO/c1-10-9-7-5-3-2-4-6-8-9/h2-8H2,1H3. The Morgan fingerprint density at radius 2 is 1.40 bits per heavy atom. The molecule has 0 radical (unpaired) electrons. The molecule has 1 rings (SSSR count). The molecule has 0 atom stereocenters. The van der Waals surface area contributed by atoms with Crippen molar-refractivity contribution in [3.05, 3.63) is 0 Å². The molecule has 0 bridgehead atoms. The molecule has 0 aliphatic carbocycles. The van der Waals surface area contributed by atoms with E-state index in [2.05, 4.69) is 0 Å². The van der Waals surface area contributed by atoms with Gasteiger partial charge in [-0.3, -0.25) is 0 Å². The Kier molecular flexibility index (Phi) is 3.88. The van der Waals surface area contributed by atoms with Crippen molar-refractivity contribution in [2.45, 2.75) is 44.7 Å². The number of hydrogen-bond acceptors (Lipinski definition) is 1. The van der Waals surface area contributed by atoms with Crippen LogP contribution in [0.5, 0.6) is 0 Å². The lowest BCUT2D eigenvalue weighted by atomic mass is 9.58. The molecule has 1 nitrogen and oxygen atoms in total. The van der Waals surface area contributed by atoms with Gasteiger partial charge in [0.2, 0.25) is 0 Å². The van der Waals surface area contributed by atoms with E-state index in [0.717, 1.165) is 0 Å². The van der Waals surface area contributed by atoms with Crippen LogP contribution in [0.2, 0.25) is 12.6 Å². The first-order chi connectivity index (χ1) is 4.93. The summed E-state index contributed by atoms with van der Waals surface area (Å²) in [6.45, 7) is 0.570. The molecule has 0 spiro atoms. The van der Waals surface area contributed by atoms with Gasteiger partial charge in [0.25, 0.3) is 6.92 Å². The van der Waals surface area contributed by atoms with Crippen molar-refractivity contribution in [1.29, 1.82) is 0 Å². The molecule has 0 unspecified atom stereocenters. The minimum Gasteiger partial charge on any atom is -0.439 e. The molecule has 1 aliphatic heterocycles. The molecular weight excluding hydrogens is 123 g/mol. The predicted molar refractivity (Wildman–Crippen MR) is 45.5 cm³/mol. The fourth-order valence-corrected chi connectivity index (χ4v) is 1.65. The van der Waals surface area contributed by atoms with Crippen molar-refractivity contribution in [3.8, 4) is 0 Å². The topological polar surface area (TPSA) is 9.23 Å². The zero-order valence-corrected chi connectivity index (χ0v) is 6.94. The van der Waals surface area contributed by atoms with Crippen molar-refractivity contribution in [3.63, 3.8) is 0 Å². The molecule has 2 heteroatoms. The molecule has 1 aliphatic rings. The van der Waals surface area contributed by atoms with E-state index in [-0.39, 0.29) is 0 Å². The highest BCUT2D eigenvalue weighted by Crippen LogP contribution is 2.17. The van der Waals surface area contributed by atoms with Crippen molar-refractivity contribution in [2.24, 2.45) is 0 Å². The van der Waals surface area contributed by atoms with Crippen molar-refractivity contribution < 1.29 is 4.65 Å². The summed E-state index contributed by atoms with van der Waals surface area (Å²) < 4.78 is 5.33. The van der Waals surface area contributed by atoms with E-state index in [4.69, 9.17) is 4.65 Å². The van der Waals surface area contributed by atoms with Gasteiger partial charge in [-0.2, -0.15) is 0 Å². The molecule has 0 N–H and O–H groups in total. The molecule has 0 aromatic carbocycles. The van der Waals surface area contributed by atoms with Gasteiger partial charge < -0.3 is 4.65 Å². The summed E-state index contributed by atoms with van der Waals surface area (Å²) in [6, 6.07) is 0. The Balaban J connectivity index is 2.16. The van der Waals surface area contributed by atoms with E-state index < -0.39 is 0 Å². The molecule has 0 saturated carbocycles. The van der Waals surface area contributed by atoms with Crippen LogP contribution < -0.4 is 0 Å². The second-order valence-electron chi connectivity index (χ2n) is 3.20. The van der Waals surface area contributed by atoms with E-state index in [0.29, 0.717) is 6.92 Å². The maximum absolute atomic E-state index is 5.33. The zero-order valence-electron chi connectivity index (χ0n) is 6.94. The van der Waals surface area contributed by atoms with Crippen LogP contribution in [-0.4, -0.2) is 14.0 Å². The van der Waals surface area contributed by atoms with Gasteiger partial charge in [-0.05, 0) is 12.6 Å². The van der Waals surface area contributed by atoms with Gasteiger partial charge in [-0.15, -0.1) is 0 Å². The summed E-state index contributed by atoms with van der Waals surface area (Å²) >= 11 is 0. The van der Waals surface area contributed by atoms with E-state index >= 15 is 0 Å². The molecule has 58 valence electrons. The fraction of sp³-hybridized carbons (Fsp3) is 1.00. The molecule has 1 saturated heterocycles. The molecule has 1 fully saturated rings. The summed E-state index contributed by atoms with van der Waals surface area (Å²) in [5.41, 5.74) is 0. The monoisotopic (exact) mass is 140 g/mol. The van der Waals surface area contributed by atoms with Crippen LogP contribution in [0.1, 0.15) is 32.1 Å². The lowest BCUT2D eigenvalue weighted by Crippen LogP contribution is -2.16. The molecule has 0 amide bonds. The van der Waals surface area contributed by atoms with Crippen LogP contribution >= 0.6 is 0 Å².